The second-order valence-corrected chi connectivity index (χ2v) is 10.2. The van der Waals surface area contributed by atoms with Gasteiger partial charge < -0.3 is 10.4 Å². The lowest BCUT2D eigenvalue weighted by atomic mass is 9.95. The number of benzene rings is 1. The van der Waals surface area contributed by atoms with Crippen molar-refractivity contribution in [3.05, 3.63) is 70.8 Å². The Balaban J connectivity index is 2.53. The summed E-state index contributed by atoms with van der Waals surface area (Å²) < 4.78 is 0. The van der Waals surface area contributed by atoms with Gasteiger partial charge in [0, 0.05) is 17.9 Å². The van der Waals surface area contributed by atoms with E-state index in [1.54, 1.807) is 30.3 Å². The number of carboxylic acids is 1. The highest BCUT2D eigenvalue weighted by Gasteiger charge is 2.26. The van der Waals surface area contributed by atoms with Gasteiger partial charge in [0.05, 0.1) is 5.92 Å². The van der Waals surface area contributed by atoms with E-state index in [0.717, 1.165) is 25.7 Å². The lowest BCUT2D eigenvalue weighted by molar-refractivity contribution is -0.141. The molecule has 0 spiro atoms. The van der Waals surface area contributed by atoms with Crippen molar-refractivity contribution in [3.8, 4) is 0 Å². The van der Waals surface area contributed by atoms with Gasteiger partial charge in [-0.15, -0.1) is 0 Å². The molecule has 8 heteroatoms. The fraction of sp³-hybridized carbons (Fsp3) is 0.464. The molecular weight excluding hydrogens is 474 g/mol. The van der Waals surface area contributed by atoms with Crippen LogP contribution in [0.5, 0.6) is 0 Å². The number of nitrogens with two attached hydrogens (primary N) is 1. The maximum atomic E-state index is 12.6. The van der Waals surface area contributed by atoms with Crippen LogP contribution in [0.1, 0.15) is 71.3 Å². The number of carbonyl (C=O) groups excluding carboxylic acids is 2. The third-order valence-electron chi connectivity index (χ3n) is 5.64. The number of hydrogen-bond donors (Lipinski definition) is 4. The molecule has 0 aliphatic heterocycles. The summed E-state index contributed by atoms with van der Waals surface area (Å²) in [6, 6.07) is 7.72. The van der Waals surface area contributed by atoms with Crippen LogP contribution in [0, 0.1) is 0 Å². The Morgan fingerprint density at radius 3 is 2.17 bits per heavy atom. The summed E-state index contributed by atoms with van der Waals surface area (Å²) in [7, 11) is 0. The molecule has 0 saturated heterocycles. The molecule has 0 aliphatic carbocycles. The van der Waals surface area contributed by atoms with E-state index in [0.29, 0.717) is 17.1 Å². The van der Waals surface area contributed by atoms with Gasteiger partial charge in [-0.2, -0.15) is 11.8 Å². The average molecular weight is 516 g/mol. The normalized spacial score (nSPS) is 13.5. The van der Waals surface area contributed by atoms with Crippen LogP contribution in [0.4, 0.5) is 0 Å². The Hall–Kier alpha value is -2.84. The van der Waals surface area contributed by atoms with Crippen LogP contribution in [0.3, 0.4) is 0 Å². The van der Waals surface area contributed by atoms with Crippen LogP contribution < -0.4 is 16.6 Å². The molecule has 2 atom stereocenters. The summed E-state index contributed by atoms with van der Waals surface area (Å²) in [6.07, 6.45) is 10.5. The van der Waals surface area contributed by atoms with Crippen molar-refractivity contribution in [1.82, 2.24) is 10.7 Å². The minimum absolute atomic E-state index is 0.265. The molecule has 198 valence electrons. The van der Waals surface area contributed by atoms with Crippen molar-refractivity contribution in [2.75, 3.05) is 11.5 Å². The second-order valence-electron chi connectivity index (χ2n) is 9.13. The fourth-order valence-electron chi connectivity index (χ4n) is 3.48. The second kappa shape index (κ2) is 17.6. The van der Waals surface area contributed by atoms with E-state index in [4.69, 9.17) is 5.84 Å². The summed E-state index contributed by atoms with van der Waals surface area (Å²) in [5.74, 6) is 3.20. The summed E-state index contributed by atoms with van der Waals surface area (Å²) in [5.41, 5.74) is 6.63. The molecule has 0 saturated carbocycles. The first-order chi connectivity index (χ1) is 17.1. The molecule has 1 unspecified atom stereocenters. The van der Waals surface area contributed by atoms with Crippen molar-refractivity contribution >= 4 is 29.5 Å². The van der Waals surface area contributed by atoms with E-state index in [1.165, 1.54) is 28.5 Å². The van der Waals surface area contributed by atoms with E-state index < -0.39 is 29.7 Å². The highest BCUT2D eigenvalue weighted by Crippen LogP contribution is 2.20. The predicted molar refractivity (Wildman–Crippen MR) is 148 cm³/mol. The first-order valence-electron chi connectivity index (χ1n) is 12.2. The summed E-state index contributed by atoms with van der Waals surface area (Å²) in [4.78, 5) is 36.4. The van der Waals surface area contributed by atoms with Crippen LogP contribution in [-0.4, -0.2) is 40.4 Å². The molecular formula is C28H41N3O4S. The largest absolute Gasteiger partial charge is 0.481 e. The van der Waals surface area contributed by atoms with Crippen molar-refractivity contribution < 1.29 is 19.5 Å². The molecule has 7 nitrogen and oxygen atoms in total. The number of hydrazine groups is 1. The maximum absolute atomic E-state index is 12.6. The van der Waals surface area contributed by atoms with Gasteiger partial charge in [0.1, 0.15) is 6.04 Å². The Morgan fingerprint density at radius 1 is 0.972 bits per heavy atom. The van der Waals surface area contributed by atoms with Crippen LogP contribution >= 0.6 is 11.8 Å². The third-order valence-corrected chi connectivity index (χ3v) is 6.61. The van der Waals surface area contributed by atoms with Gasteiger partial charge in [-0.25, -0.2) is 5.84 Å². The van der Waals surface area contributed by atoms with Gasteiger partial charge in [-0.3, -0.25) is 19.8 Å². The van der Waals surface area contributed by atoms with Crippen LogP contribution in [0.2, 0.25) is 0 Å². The number of rotatable bonds is 16. The molecule has 0 heterocycles. The Bertz CT molecular complexity index is 937. The van der Waals surface area contributed by atoms with Gasteiger partial charge >= 0.3 is 5.97 Å². The molecule has 1 aromatic carbocycles. The van der Waals surface area contributed by atoms with Crippen LogP contribution in [0.15, 0.2) is 65.3 Å². The molecule has 0 fully saturated rings. The van der Waals surface area contributed by atoms with E-state index >= 15 is 0 Å². The van der Waals surface area contributed by atoms with Gasteiger partial charge in [0.15, 0.2) is 0 Å². The van der Waals surface area contributed by atoms with E-state index in [1.807, 2.05) is 0 Å². The van der Waals surface area contributed by atoms with E-state index in [-0.39, 0.29) is 6.42 Å². The Labute approximate surface area is 219 Å². The zero-order chi connectivity index (χ0) is 26.9. The van der Waals surface area contributed by atoms with Crippen LogP contribution in [-0.2, 0) is 14.4 Å². The topological polar surface area (TPSA) is 122 Å². The van der Waals surface area contributed by atoms with Crippen LogP contribution in [0.25, 0.3) is 0 Å². The molecule has 1 aromatic rings. The molecule has 0 aromatic heterocycles. The highest BCUT2D eigenvalue weighted by molar-refractivity contribution is 7.99. The lowest BCUT2D eigenvalue weighted by Gasteiger charge is -2.18. The van der Waals surface area contributed by atoms with Gasteiger partial charge in [0.25, 0.3) is 5.91 Å². The quantitative estimate of drug-likeness (QED) is 0.0819. The minimum Gasteiger partial charge on any atom is -0.481 e. The lowest BCUT2D eigenvalue weighted by Crippen LogP contribution is -2.50. The minimum atomic E-state index is -1.09. The van der Waals surface area contributed by atoms with Crippen molar-refractivity contribution in [2.24, 2.45) is 5.84 Å². The zero-order valence-electron chi connectivity index (χ0n) is 21.9. The van der Waals surface area contributed by atoms with E-state index in [9.17, 15) is 19.5 Å². The summed E-state index contributed by atoms with van der Waals surface area (Å²) >= 11 is 1.50. The zero-order valence-corrected chi connectivity index (χ0v) is 22.7. The number of hydrogen-bond acceptors (Lipinski definition) is 5. The molecule has 0 radical (unpaired) electrons. The number of thioether (sulfide) groups is 1. The van der Waals surface area contributed by atoms with E-state index in [2.05, 4.69) is 56.7 Å². The van der Waals surface area contributed by atoms with Crippen molar-refractivity contribution in [1.29, 1.82) is 0 Å². The monoisotopic (exact) mass is 515 g/mol. The number of carbonyl (C=O) groups is 3. The standard InChI is InChI=1S/C28H41N3O4S/c1-20(2)10-8-11-21(3)12-9-13-22(4)16-17-36-19-25(27(33)31-29)30-26(32)18-24(28(34)35)23-14-6-5-7-15-23/h5-7,10,12,14-16,24-25H,8-9,11,13,17-19,29H2,1-4H3,(H,30,32)(H,31,33)(H,34,35)/b21-12+,22-16+/t24?,25-/m0/s1. The SMILES string of the molecule is CC(C)=CCC/C(C)=C/CC/C(C)=C/CSC[C@H](NC(=O)CC(C(=O)O)c1ccccc1)C(=O)NN. The first kappa shape index (κ1) is 31.2. The average Bonchev–Trinajstić information content (AvgIpc) is 2.84. The molecule has 0 aliphatic rings. The van der Waals surface area contributed by atoms with Crippen molar-refractivity contribution in [3.63, 3.8) is 0 Å². The van der Waals surface area contributed by atoms with Gasteiger partial charge in [0.2, 0.25) is 5.91 Å². The smallest absolute Gasteiger partial charge is 0.311 e. The number of nitrogens with one attached hydrogen (secondary N) is 2. The number of allylic oxidation sites excluding steroid dienone is 5. The highest BCUT2D eigenvalue weighted by atomic mass is 32.2. The molecule has 5 N–H and O–H groups in total. The summed E-state index contributed by atoms with van der Waals surface area (Å²) in [6.45, 7) is 8.49. The number of carboxylic acid groups (broad SMARTS) is 1. The molecule has 2 amide bonds. The van der Waals surface area contributed by atoms with Gasteiger partial charge in [-0.05, 0) is 58.9 Å². The predicted octanol–water partition coefficient (Wildman–Crippen LogP) is 4.87. The molecule has 0 bridgehead atoms. The Kier molecular flexibility index (Phi) is 15.2. The third kappa shape index (κ3) is 13.3. The number of amides is 2. The fourth-order valence-corrected chi connectivity index (χ4v) is 4.49. The summed E-state index contributed by atoms with van der Waals surface area (Å²) in [5, 5.41) is 12.2. The first-order valence-corrected chi connectivity index (χ1v) is 13.4. The molecule has 36 heavy (non-hydrogen) atoms. The number of aliphatic carboxylic acids is 1. The maximum Gasteiger partial charge on any atom is 0.311 e. The molecule has 1 rings (SSSR count). The Morgan fingerprint density at radius 2 is 1.58 bits per heavy atom. The van der Waals surface area contributed by atoms with Crippen molar-refractivity contribution in [2.45, 2.75) is 71.8 Å². The van der Waals surface area contributed by atoms with Gasteiger partial charge in [-0.1, -0.05) is 65.3 Å².